The van der Waals surface area contributed by atoms with Crippen molar-refractivity contribution >= 4 is 17.8 Å². The SMILES string of the molecule is CN1CC[C@]2(C1)C(=O)NC[C@@H]2COc1ccccn1.O=C(O)C(F)(F)F.O=C(O)C(F)(F)F. The maximum Gasteiger partial charge on any atom is 0.490 e. The minimum atomic E-state index is -5.08. The number of carbonyl (C=O) groups is 3. The number of aliphatic carboxylic acids is 2. The van der Waals surface area contributed by atoms with Crippen LogP contribution in [0.5, 0.6) is 5.88 Å². The van der Waals surface area contributed by atoms with Gasteiger partial charge in [0.15, 0.2) is 0 Å². The summed E-state index contributed by atoms with van der Waals surface area (Å²) >= 11 is 0. The van der Waals surface area contributed by atoms with Crippen molar-refractivity contribution in [2.75, 3.05) is 33.3 Å². The molecule has 3 heterocycles. The number of halogens is 6. The van der Waals surface area contributed by atoms with Crippen molar-refractivity contribution in [2.24, 2.45) is 11.3 Å². The first kappa shape index (κ1) is 27.9. The number of alkyl halides is 6. The summed E-state index contributed by atoms with van der Waals surface area (Å²) in [6, 6.07) is 5.61. The molecule has 1 aromatic rings. The molecule has 33 heavy (non-hydrogen) atoms. The van der Waals surface area contributed by atoms with E-state index in [0.717, 1.165) is 19.5 Å². The number of nitrogens with zero attached hydrogens (tertiary/aromatic N) is 2. The number of ether oxygens (including phenoxy) is 1. The van der Waals surface area contributed by atoms with E-state index in [1.807, 2.05) is 18.2 Å². The fourth-order valence-corrected chi connectivity index (χ4v) is 3.16. The van der Waals surface area contributed by atoms with Gasteiger partial charge in [0.05, 0.1) is 12.0 Å². The van der Waals surface area contributed by atoms with Crippen LogP contribution in [0.25, 0.3) is 0 Å². The highest BCUT2D eigenvalue weighted by Gasteiger charge is 2.53. The average Bonchev–Trinajstić information content (AvgIpc) is 3.24. The lowest BCUT2D eigenvalue weighted by atomic mass is 9.77. The number of nitrogens with one attached hydrogen (secondary N) is 1. The van der Waals surface area contributed by atoms with Crippen molar-refractivity contribution in [2.45, 2.75) is 18.8 Å². The van der Waals surface area contributed by atoms with Crippen LogP contribution in [-0.2, 0) is 14.4 Å². The quantitative estimate of drug-likeness (QED) is 0.549. The van der Waals surface area contributed by atoms with Crippen molar-refractivity contribution in [3.05, 3.63) is 24.4 Å². The van der Waals surface area contributed by atoms with Crippen LogP contribution in [-0.4, -0.2) is 83.6 Å². The molecule has 0 saturated carbocycles. The van der Waals surface area contributed by atoms with Crippen LogP contribution in [0.2, 0.25) is 0 Å². The van der Waals surface area contributed by atoms with Gasteiger partial charge in [-0.05, 0) is 26.1 Å². The Morgan fingerprint density at radius 3 is 2.12 bits per heavy atom. The highest BCUT2D eigenvalue weighted by atomic mass is 19.4. The summed E-state index contributed by atoms with van der Waals surface area (Å²) < 4.78 is 69.2. The van der Waals surface area contributed by atoms with Gasteiger partial charge >= 0.3 is 24.3 Å². The molecule has 1 amide bonds. The number of aromatic nitrogens is 1. The molecular weight excluding hydrogens is 468 g/mol. The summed E-state index contributed by atoms with van der Waals surface area (Å²) in [6.07, 6.45) is -7.53. The van der Waals surface area contributed by atoms with E-state index in [-0.39, 0.29) is 17.2 Å². The maximum atomic E-state index is 12.2. The second-order valence-corrected chi connectivity index (χ2v) is 7.14. The van der Waals surface area contributed by atoms with E-state index in [2.05, 4.69) is 22.2 Å². The molecule has 2 fully saturated rings. The molecule has 0 bridgehead atoms. The predicted molar refractivity (Wildman–Crippen MR) is 98.2 cm³/mol. The predicted octanol–water partition coefficient (Wildman–Crippen LogP) is 1.79. The summed E-state index contributed by atoms with van der Waals surface area (Å²) in [5, 5.41) is 17.2. The second kappa shape index (κ2) is 11.2. The van der Waals surface area contributed by atoms with E-state index in [9.17, 15) is 31.1 Å². The molecule has 2 saturated heterocycles. The Morgan fingerprint density at radius 2 is 1.73 bits per heavy atom. The molecule has 2 aliphatic rings. The number of hydrogen-bond acceptors (Lipinski definition) is 6. The van der Waals surface area contributed by atoms with Crippen LogP contribution in [0.1, 0.15) is 6.42 Å². The number of hydrogen-bond donors (Lipinski definition) is 3. The third kappa shape index (κ3) is 8.40. The topological polar surface area (TPSA) is 129 Å². The minimum Gasteiger partial charge on any atom is -0.477 e. The second-order valence-electron chi connectivity index (χ2n) is 7.14. The number of rotatable bonds is 3. The van der Waals surface area contributed by atoms with E-state index < -0.39 is 24.3 Å². The van der Waals surface area contributed by atoms with E-state index in [1.165, 1.54) is 0 Å². The van der Waals surface area contributed by atoms with Crippen LogP contribution in [0.15, 0.2) is 24.4 Å². The Kier molecular flexibility index (Phi) is 9.45. The maximum absolute atomic E-state index is 12.2. The zero-order chi connectivity index (χ0) is 25.4. The van der Waals surface area contributed by atoms with Gasteiger partial charge in [0, 0.05) is 31.3 Å². The van der Waals surface area contributed by atoms with Gasteiger partial charge in [0.25, 0.3) is 0 Å². The first-order valence-corrected chi connectivity index (χ1v) is 9.20. The fourth-order valence-electron chi connectivity index (χ4n) is 3.16. The zero-order valence-corrected chi connectivity index (χ0v) is 17.1. The number of carbonyl (C=O) groups excluding carboxylic acids is 1. The molecule has 186 valence electrons. The van der Waals surface area contributed by atoms with Crippen LogP contribution < -0.4 is 10.1 Å². The number of carboxylic acids is 2. The van der Waals surface area contributed by atoms with Crippen molar-refractivity contribution in [1.82, 2.24) is 15.2 Å². The Balaban J connectivity index is 0.000000324. The van der Waals surface area contributed by atoms with Crippen LogP contribution in [0.3, 0.4) is 0 Å². The normalized spacial score (nSPS) is 22.5. The number of pyridine rings is 1. The lowest BCUT2D eigenvalue weighted by molar-refractivity contribution is -0.193. The zero-order valence-electron chi connectivity index (χ0n) is 17.1. The standard InChI is InChI=1S/C14H19N3O2.2C2HF3O2/c1-17-7-5-14(10-17)11(8-16-13(14)18)9-19-12-4-2-3-6-15-12;2*3-2(4,5)1(6)7/h2-4,6,11H,5,7-10H2,1H3,(H,16,18);2*(H,6,7)/t11-,14-;;/m1../s1. The van der Waals surface area contributed by atoms with Crippen LogP contribution in [0, 0.1) is 11.3 Å². The van der Waals surface area contributed by atoms with Gasteiger partial charge in [-0.2, -0.15) is 26.3 Å². The molecule has 1 aromatic heterocycles. The smallest absolute Gasteiger partial charge is 0.477 e. The van der Waals surface area contributed by atoms with Crippen molar-refractivity contribution < 1.29 is 55.7 Å². The molecule has 0 aliphatic carbocycles. The summed E-state index contributed by atoms with van der Waals surface area (Å²) in [5.41, 5.74) is -0.260. The monoisotopic (exact) mass is 489 g/mol. The van der Waals surface area contributed by atoms with E-state index >= 15 is 0 Å². The van der Waals surface area contributed by atoms with E-state index in [0.29, 0.717) is 19.0 Å². The average molecular weight is 489 g/mol. The molecule has 0 radical (unpaired) electrons. The summed E-state index contributed by atoms with van der Waals surface area (Å²) in [5.74, 6) is -4.47. The molecule has 2 atom stereocenters. The Hall–Kier alpha value is -3.10. The van der Waals surface area contributed by atoms with Crippen molar-refractivity contribution in [1.29, 1.82) is 0 Å². The van der Waals surface area contributed by atoms with Gasteiger partial charge in [-0.25, -0.2) is 14.6 Å². The summed E-state index contributed by atoms with van der Waals surface area (Å²) in [6.45, 7) is 3.06. The van der Waals surface area contributed by atoms with E-state index in [4.69, 9.17) is 24.5 Å². The van der Waals surface area contributed by atoms with Crippen molar-refractivity contribution in [3.63, 3.8) is 0 Å². The van der Waals surface area contributed by atoms with Gasteiger partial charge in [0.1, 0.15) is 0 Å². The first-order valence-electron chi connectivity index (χ1n) is 9.20. The number of amides is 1. The lowest BCUT2D eigenvalue weighted by Gasteiger charge is -2.27. The lowest BCUT2D eigenvalue weighted by Crippen LogP contribution is -2.39. The van der Waals surface area contributed by atoms with Gasteiger partial charge in [0.2, 0.25) is 11.8 Å². The largest absolute Gasteiger partial charge is 0.490 e. The van der Waals surface area contributed by atoms with Gasteiger partial charge in [-0.15, -0.1) is 0 Å². The van der Waals surface area contributed by atoms with Crippen LogP contribution in [0.4, 0.5) is 26.3 Å². The van der Waals surface area contributed by atoms with Crippen LogP contribution >= 0.6 is 0 Å². The minimum absolute atomic E-state index is 0.187. The highest BCUT2D eigenvalue weighted by Crippen LogP contribution is 2.41. The van der Waals surface area contributed by atoms with E-state index in [1.54, 1.807) is 6.20 Å². The Bertz CT molecular complexity index is 796. The molecule has 9 nitrogen and oxygen atoms in total. The third-order valence-electron chi connectivity index (χ3n) is 4.79. The fraction of sp³-hybridized carbons (Fsp3) is 0.556. The summed E-state index contributed by atoms with van der Waals surface area (Å²) in [7, 11) is 2.07. The number of carboxylic acid groups (broad SMARTS) is 2. The molecule has 1 spiro atoms. The molecule has 3 rings (SSSR count). The molecular formula is C18H21F6N3O6. The molecule has 0 aromatic carbocycles. The Morgan fingerprint density at radius 1 is 1.18 bits per heavy atom. The molecule has 0 unspecified atom stereocenters. The first-order chi connectivity index (χ1) is 15.1. The molecule has 15 heteroatoms. The Labute approximate surface area is 183 Å². The summed E-state index contributed by atoms with van der Waals surface area (Å²) in [4.78, 5) is 36.3. The van der Waals surface area contributed by atoms with Crippen molar-refractivity contribution in [3.8, 4) is 5.88 Å². The molecule has 2 aliphatic heterocycles. The highest BCUT2D eigenvalue weighted by molar-refractivity contribution is 5.86. The van der Waals surface area contributed by atoms with Gasteiger partial charge < -0.3 is 25.2 Å². The number of likely N-dealkylation sites (tertiary alicyclic amines) is 1. The molecule has 3 N–H and O–H groups in total. The van der Waals surface area contributed by atoms with Gasteiger partial charge in [-0.1, -0.05) is 6.07 Å². The third-order valence-corrected chi connectivity index (χ3v) is 4.79. The van der Waals surface area contributed by atoms with Gasteiger partial charge in [-0.3, -0.25) is 4.79 Å².